The van der Waals surface area contributed by atoms with Crippen LogP contribution in [0.2, 0.25) is 19.6 Å². The molecular formula is C11H13N3Si. The highest BCUT2D eigenvalue weighted by Gasteiger charge is 2.23. The van der Waals surface area contributed by atoms with Gasteiger partial charge in [-0.2, -0.15) is 10.4 Å². The lowest BCUT2D eigenvalue weighted by Crippen LogP contribution is -2.34. The van der Waals surface area contributed by atoms with Crippen molar-refractivity contribution >= 4 is 19.1 Å². The predicted octanol–water partition coefficient (Wildman–Crippen LogP) is 2.59. The van der Waals surface area contributed by atoms with E-state index in [2.05, 4.69) is 30.8 Å². The minimum absolute atomic E-state index is 0.699. The predicted molar refractivity (Wildman–Crippen MR) is 63.2 cm³/mol. The van der Waals surface area contributed by atoms with Crippen molar-refractivity contribution in [2.75, 3.05) is 0 Å². The van der Waals surface area contributed by atoms with Gasteiger partial charge in [-0.15, -0.1) is 0 Å². The third-order valence-corrected chi connectivity index (χ3v) is 3.91. The Labute approximate surface area is 90.0 Å². The van der Waals surface area contributed by atoms with Gasteiger partial charge < -0.3 is 0 Å². The molecule has 0 spiro atoms. The summed E-state index contributed by atoms with van der Waals surface area (Å²) in [5.41, 5.74) is 1.61. The van der Waals surface area contributed by atoms with Crippen LogP contribution in [-0.2, 0) is 0 Å². The fraction of sp³-hybridized carbons (Fsp3) is 0.273. The molecule has 2 rings (SSSR count). The van der Waals surface area contributed by atoms with E-state index in [1.165, 1.54) is 0 Å². The molecule has 0 N–H and O–H groups in total. The summed E-state index contributed by atoms with van der Waals surface area (Å²) in [6.07, 6.45) is 0. The quantitative estimate of drug-likeness (QED) is 0.686. The molecule has 15 heavy (non-hydrogen) atoms. The summed E-state index contributed by atoms with van der Waals surface area (Å²) in [7, 11) is -1.60. The van der Waals surface area contributed by atoms with E-state index in [0.717, 1.165) is 10.9 Å². The third-order valence-electron chi connectivity index (χ3n) is 2.32. The summed E-state index contributed by atoms with van der Waals surface area (Å²) in [4.78, 5) is 0. The molecule has 1 aromatic carbocycles. The monoisotopic (exact) mass is 215 g/mol. The first-order valence-electron chi connectivity index (χ1n) is 4.92. The molecule has 0 bridgehead atoms. The molecule has 0 aliphatic heterocycles. The molecule has 1 aromatic heterocycles. The Morgan fingerprint density at radius 1 is 1.27 bits per heavy atom. The van der Waals surface area contributed by atoms with Crippen LogP contribution in [0.1, 0.15) is 5.69 Å². The molecule has 0 saturated heterocycles. The van der Waals surface area contributed by atoms with Crippen LogP contribution >= 0.6 is 0 Å². The van der Waals surface area contributed by atoms with E-state index >= 15 is 0 Å². The van der Waals surface area contributed by atoms with Crippen molar-refractivity contribution in [2.24, 2.45) is 0 Å². The number of fused-ring (bicyclic) bond motifs is 1. The van der Waals surface area contributed by atoms with Crippen molar-refractivity contribution in [3.63, 3.8) is 0 Å². The van der Waals surface area contributed by atoms with E-state index in [4.69, 9.17) is 0 Å². The zero-order valence-corrected chi connectivity index (χ0v) is 10.2. The first kappa shape index (κ1) is 9.93. The number of rotatable bonds is 1. The molecule has 76 valence electrons. The van der Waals surface area contributed by atoms with Crippen LogP contribution in [0.25, 0.3) is 10.9 Å². The van der Waals surface area contributed by atoms with Gasteiger partial charge in [-0.05, 0) is 31.8 Å². The molecule has 0 saturated carbocycles. The number of benzene rings is 1. The minimum Gasteiger partial charge on any atom is -0.285 e. The Morgan fingerprint density at radius 3 is 2.53 bits per heavy atom. The molecule has 3 nitrogen and oxygen atoms in total. The summed E-state index contributed by atoms with van der Waals surface area (Å²) in [5.74, 6) is 0. The maximum absolute atomic E-state index is 9.18. The standard InChI is InChI=1S/C11H13N3Si/c1-15(2,3)14-11(8-12)9-6-4-5-7-10(9)13-14/h4-7H,1-3H3. The van der Waals surface area contributed by atoms with Gasteiger partial charge in [0.25, 0.3) is 0 Å². The minimum atomic E-state index is -1.60. The van der Waals surface area contributed by atoms with Crippen LogP contribution in [-0.4, -0.2) is 17.7 Å². The molecule has 0 amide bonds. The Morgan fingerprint density at radius 2 is 1.93 bits per heavy atom. The molecule has 0 aliphatic rings. The molecule has 0 atom stereocenters. The van der Waals surface area contributed by atoms with Gasteiger partial charge in [0, 0.05) is 5.39 Å². The SMILES string of the molecule is C[Si](C)(C)n1nc2ccccc2c1C#N. The fourth-order valence-electron chi connectivity index (χ4n) is 1.63. The fourth-order valence-corrected chi connectivity index (χ4v) is 2.87. The lowest BCUT2D eigenvalue weighted by Gasteiger charge is -2.17. The van der Waals surface area contributed by atoms with E-state index in [9.17, 15) is 5.26 Å². The number of nitriles is 1. The number of hydrogen-bond donors (Lipinski definition) is 0. The second kappa shape index (κ2) is 3.21. The molecule has 0 fully saturated rings. The summed E-state index contributed by atoms with van der Waals surface area (Å²) in [6, 6.07) is 10.1. The Hall–Kier alpha value is -1.60. The summed E-state index contributed by atoms with van der Waals surface area (Å²) in [5, 5.41) is 14.7. The van der Waals surface area contributed by atoms with Gasteiger partial charge in [-0.1, -0.05) is 12.1 Å². The lowest BCUT2D eigenvalue weighted by atomic mass is 10.2. The molecule has 4 heteroatoms. The summed E-state index contributed by atoms with van der Waals surface area (Å²) in [6.45, 7) is 6.54. The van der Waals surface area contributed by atoms with Crippen molar-refractivity contribution in [2.45, 2.75) is 19.6 Å². The average Bonchev–Trinajstić information content (AvgIpc) is 2.55. The second-order valence-electron chi connectivity index (χ2n) is 4.56. The highest BCUT2D eigenvalue weighted by molar-refractivity contribution is 6.74. The molecule has 0 radical (unpaired) electrons. The van der Waals surface area contributed by atoms with Gasteiger partial charge in [0.15, 0.2) is 8.24 Å². The van der Waals surface area contributed by atoms with E-state index in [-0.39, 0.29) is 0 Å². The summed E-state index contributed by atoms with van der Waals surface area (Å²) < 4.78 is 1.93. The molecule has 0 unspecified atom stereocenters. The Kier molecular flexibility index (Phi) is 2.13. The van der Waals surface area contributed by atoms with E-state index in [0.29, 0.717) is 5.69 Å². The van der Waals surface area contributed by atoms with Crippen molar-refractivity contribution in [1.29, 1.82) is 5.26 Å². The Balaban J connectivity index is 2.83. The van der Waals surface area contributed by atoms with E-state index in [1.54, 1.807) is 0 Å². The van der Waals surface area contributed by atoms with Gasteiger partial charge in [-0.25, -0.2) is 0 Å². The largest absolute Gasteiger partial charge is 0.285 e. The van der Waals surface area contributed by atoms with Crippen LogP contribution in [0.5, 0.6) is 0 Å². The van der Waals surface area contributed by atoms with Gasteiger partial charge in [0.1, 0.15) is 11.8 Å². The number of aromatic nitrogens is 2. The maximum Gasteiger partial charge on any atom is 0.177 e. The third kappa shape index (κ3) is 1.55. The smallest absolute Gasteiger partial charge is 0.177 e. The zero-order valence-electron chi connectivity index (χ0n) is 9.15. The maximum atomic E-state index is 9.18. The number of nitrogens with zero attached hydrogens (tertiary/aromatic N) is 3. The van der Waals surface area contributed by atoms with Crippen molar-refractivity contribution < 1.29 is 0 Å². The second-order valence-corrected chi connectivity index (χ2v) is 9.33. The highest BCUT2D eigenvalue weighted by Crippen LogP contribution is 2.20. The average molecular weight is 215 g/mol. The lowest BCUT2D eigenvalue weighted by molar-refractivity contribution is 0.935. The van der Waals surface area contributed by atoms with Gasteiger partial charge in [0.2, 0.25) is 0 Å². The van der Waals surface area contributed by atoms with Crippen molar-refractivity contribution in [3.8, 4) is 6.07 Å². The highest BCUT2D eigenvalue weighted by atomic mass is 28.3. The summed E-state index contributed by atoms with van der Waals surface area (Å²) >= 11 is 0. The van der Waals surface area contributed by atoms with Gasteiger partial charge in [-0.3, -0.25) is 4.35 Å². The van der Waals surface area contributed by atoms with Gasteiger partial charge >= 0.3 is 0 Å². The van der Waals surface area contributed by atoms with Crippen LogP contribution in [0.3, 0.4) is 0 Å². The van der Waals surface area contributed by atoms with E-state index < -0.39 is 8.24 Å². The van der Waals surface area contributed by atoms with Crippen LogP contribution in [0.4, 0.5) is 0 Å². The van der Waals surface area contributed by atoms with Gasteiger partial charge in [0.05, 0.1) is 5.52 Å². The molecule has 2 aromatic rings. The molecule has 1 heterocycles. The van der Waals surface area contributed by atoms with Crippen molar-refractivity contribution in [3.05, 3.63) is 30.0 Å². The first-order valence-corrected chi connectivity index (χ1v) is 8.37. The first-order chi connectivity index (χ1) is 7.04. The molecule has 0 aliphatic carbocycles. The van der Waals surface area contributed by atoms with Crippen LogP contribution in [0, 0.1) is 11.3 Å². The van der Waals surface area contributed by atoms with E-state index in [1.807, 2.05) is 28.6 Å². The normalized spacial score (nSPS) is 11.6. The van der Waals surface area contributed by atoms with Crippen LogP contribution in [0.15, 0.2) is 24.3 Å². The topological polar surface area (TPSA) is 41.6 Å². The number of hydrogen-bond acceptors (Lipinski definition) is 2. The van der Waals surface area contributed by atoms with Crippen molar-refractivity contribution in [1.82, 2.24) is 9.45 Å². The Bertz CT molecular complexity index is 543. The zero-order chi connectivity index (χ0) is 11.1. The molecular weight excluding hydrogens is 202 g/mol. The van der Waals surface area contributed by atoms with Crippen LogP contribution < -0.4 is 0 Å².